The van der Waals surface area contributed by atoms with Gasteiger partial charge in [-0.05, 0) is 48.7 Å². The molecule has 1 aliphatic heterocycles. The van der Waals surface area contributed by atoms with Crippen LogP contribution in [0, 0.1) is 0 Å². The maximum atomic E-state index is 3.27. The number of hydrogen-bond acceptors (Lipinski definition) is 2. The minimum Gasteiger partial charge on any atom is -0.316 e. The Labute approximate surface area is 127 Å². The van der Waals surface area contributed by atoms with Crippen molar-refractivity contribution in [3.8, 4) is 0 Å². The van der Waals surface area contributed by atoms with Gasteiger partial charge in [-0.15, -0.1) is 0 Å². The molecule has 2 nitrogen and oxygen atoms in total. The van der Waals surface area contributed by atoms with E-state index in [0.29, 0.717) is 0 Å². The maximum absolute atomic E-state index is 3.27. The summed E-state index contributed by atoms with van der Waals surface area (Å²) in [5, 5.41) is 3.27. The quantitative estimate of drug-likeness (QED) is 0.924. The Morgan fingerprint density at radius 3 is 2.48 bits per heavy atom. The molecule has 21 heavy (non-hydrogen) atoms. The number of nitrogens with one attached hydrogen (secondary N) is 1. The summed E-state index contributed by atoms with van der Waals surface area (Å²) in [5.41, 5.74) is 5.90. The van der Waals surface area contributed by atoms with Gasteiger partial charge < -0.3 is 5.32 Å². The van der Waals surface area contributed by atoms with Crippen molar-refractivity contribution in [1.29, 1.82) is 0 Å². The first-order chi connectivity index (χ1) is 10.4. The number of hydrogen-bond donors (Lipinski definition) is 1. The van der Waals surface area contributed by atoms with Gasteiger partial charge in [0.2, 0.25) is 0 Å². The highest BCUT2D eigenvalue weighted by Gasteiger charge is 2.15. The SMILES string of the molecule is CNCc1ccccc1CN1CCCc2ccccc2C1. The maximum Gasteiger partial charge on any atom is 0.0240 e. The normalized spacial score (nSPS) is 15.5. The molecule has 0 aliphatic carbocycles. The number of aryl methyl sites for hydroxylation is 1. The summed E-state index contributed by atoms with van der Waals surface area (Å²) in [6, 6.07) is 17.7. The van der Waals surface area contributed by atoms with E-state index >= 15 is 0 Å². The van der Waals surface area contributed by atoms with Crippen LogP contribution in [0.1, 0.15) is 28.7 Å². The molecule has 0 saturated heterocycles. The molecule has 0 fully saturated rings. The summed E-state index contributed by atoms with van der Waals surface area (Å²) in [5.74, 6) is 0. The van der Waals surface area contributed by atoms with Crippen molar-refractivity contribution in [1.82, 2.24) is 10.2 Å². The van der Waals surface area contributed by atoms with Crippen LogP contribution in [0.15, 0.2) is 48.5 Å². The first kappa shape index (κ1) is 14.3. The first-order valence-electron chi connectivity index (χ1n) is 7.87. The van der Waals surface area contributed by atoms with E-state index in [0.717, 1.165) is 19.6 Å². The van der Waals surface area contributed by atoms with E-state index in [4.69, 9.17) is 0 Å². The van der Waals surface area contributed by atoms with Crippen LogP contribution in [-0.2, 0) is 26.1 Å². The van der Waals surface area contributed by atoms with Crippen molar-refractivity contribution in [2.75, 3.05) is 13.6 Å². The lowest BCUT2D eigenvalue weighted by Gasteiger charge is -2.22. The molecule has 0 radical (unpaired) electrons. The topological polar surface area (TPSA) is 15.3 Å². The lowest BCUT2D eigenvalue weighted by molar-refractivity contribution is 0.260. The zero-order valence-corrected chi connectivity index (χ0v) is 12.8. The van der Waals surface area contributed by atoms with Crippen LogP contribution in [0.5, 0.6) is 0 Å². The monoisotopic (exact) mass is 280 g/mol. The molecule has 0 amide bonds. The Morgan fingerprint density at radius 1 is 0.952 bits per heavy atom. The standard InChI is InChI=1S/C19H24N2/c1-20-13-17-8-3-5-10-19(17)15-21-12-6-11-16-7-2-4-9-18(16)14-21/h2-5,7-10,20H,6,11-15H2,1H3. The van der Waals surface area contributed by atoms with E-state index in [-0.39, 0.29) is 0 Å². The van der Waals surface area contributed by atoms with Crippen LogP contribution in [-0.4, -0.2) is 18.5 Å². The molecule has 1 heterocycles. The van der Waals surface area contributed by atoms with Crippen molar-refractivity contribution in [2.24, 2.45) is 0 Å². The predicted octanol–water partition coefficient (Wildman–Crippen LogP) is 3.35. The second kappa shape index (κ2) is 6.88. The van der Waals surface area contributed by atoms with Gasteiger partial charge in [0.05, 0.1) is 0 Å². The average molecular weight is 280 g/mol. The molecular formula is C19H24N2. The zero-order chi connectivity index (χ0) is 14.5. The number of rotatable bonds is 4. The van der Waals surface area contributed by atoms with E-state index in [2.05, 4.69) is 58.7 Å². The molecule has 3 rings (SSSR count). The lowest BCUT2D eigenvalue weighted by atomic mass is 10.0. The Balaban J connectivity index is 1.76. The van der Waals surface area contributed by atoms with E-state index in [1.165, 1.54) is 41.6 Å². The van der Waals surface area contributed by atoms with Crippen LogP contribution in [0.3, 0.4) is 0 Å². The minimum absolute atomic E-state index is 0.945. The van der Waals surface area contributed by atoms with Crippen molar-refractivity contribution in [3.63, 3.8) is 0 Å². The molecule has 0 spiro atoms. The molecule has 0 bridgehead atoms. The molecule has 2 aromatic rings. The van der Waals surface area contributed by atoms with Gasteiger partial charge in [0, 0.05) is 19.6 Å². The van der Waals surface area contributed by atoms with Gasteiger partial charge >= 0.3 is 0 Å². The fraction of sp³-hybridized carbons (Fsp3) is 0.368. The molecule has 0 atom stereocenters. The summed E-state index contributed by atoms with van der Waals surface area (Å²) in [7, 11) is 2.01. The summed E-state index contributed by atoms with van der Waals surface area (Å²) in [6.45, 7) is 4.25. The molecule has 2 heteroatoms. The van der Waals surface area contributed by atoms with Crippen molar-refractivity contribution in [3.05, 3.63) is 70.8 Å². The van der Waals surface area contributed by atoms with E-state index in [1.807, 2.05) is 7.05 Å². The largest absolute Gasteiger partial charge is 0.316 e. The van der Waals surface area contributed by atoms with Gasteiger partial charge in [0.15, 0.2) is 0 Å². The van der Waals surface area contributed by atoms with Gasteiger partial charge in [-0.25, -0.2) is 0 Å². The smallest absolute Gasteiger partial charge is 0.0240 e. The van der Waals surface area contributed by atoms with Crippen molar-refractivity contribution in [2.45, 2.75) is 32.5 Å². The summed E-state index contributed by atoms with van der Waals surface area (Å²) < 4.78 is 0. The molecule has 110 valence electrons. The number of benzene rings is 2. The Kier molecular flexibility index (Phi) is 4.69. The van der Waals surface area contributed by atoms with Gasteiger partial charge in [-0.1, -0.05) is 48.5 Å². The molecule has 2 aromatic carbocycles. The molecule has 1 N–H and O–H groups in total. The summed E-state index contributed by atoms with van der Waals surface area (Å²) >= 11 is 0. The van der Waals surface area contributed by atoms with Crippen LogP contribution < -0.4 is 5.32 Å². The Bertz CT molecular complexity index is 592. The fourth-order valence-corrected chi connectivity index (χ4v) is 3.22. The molecule has 0 saturated carbocycles. The van der Waals surface area contributed by atoms with E-state index in [1.54, 1.807) is 0 Å². The third-order valence-electron chi connectivity index (χ3n) is 4.31. The first-order valence-corrected chi connectivity index (χ1v) is 7.87. The molecule has 1 aliphatic rings. The predicted molar refractivity (Wildman–Crippen MR) is 88.1 cm³/mol. The minimum atomic E-state index is 0.945. The molecular weight excluding hydrogens is 256 g/mol. The van der Waals surface area contributed by atoms with Gasteiger partial charge in [0.25, 0.3) is 0 Å². The van der Waals surface area contributed by atoms with Crippen LogP contribution in [0.2, 0.25) is 0 Å². The highest BCUT2D eigenvalue weighted by molar-refractivity contribution is 5.30. The second-order valence-corrected chi connectivity index (χ2v) is 5.88. The van der Waals surface area contributed by atoms with Gasteiger partial charge in [-0.3, -0.25) is 4.90 Å². The Hall–Kier alpha value is -1.64. The van der Waals surface area contributed by atoms with Crippen LogP contribution in [0.25, 0.3) is 0 Å². The summed E-state index contributed by atoms with van der Waals surface area (Å²) in [6.07, 6.45) is 2.47. The number of fused-ring (bicyclic) bond motifs is 1. The van der Waals surface area contributed by atoms with Crippen LogP contribution in [0.4, 0.5) is 0 Å². The van der Waals surface area contributed by atoms with Gasteiger partial charge in [0.1, 0.15) is 0 Å². The Morgan fingerprint density at radius 2 is 1.67 bits per heavy atom. The van der Waals surface area contributed by atoms with Crippen molar-refractivity contribution >= 4 is 0 Å². The third kappa shape index (κ3) is 3.52. The van der Waals surface area contributed by atoms with Gasteiger partial charge in [-0.2, -0.15) is 0 Å². The second-order valence-electron chi connectivity index (χ2n) is 5.88. The number of nitrogens with zero attached hydrogens (tertiary/aromatic N) is 1. The zero-order valence-electron chi connectivity index (χ0n) is 12.8. The lowest BCUT2D eigenvalue weighted by Crippen LogP contribution is -2.24. The molecule has 0 unspecified atom stereocenters. The van der Waals surface area contributed by atoms with E-state index in [9.17, 15) is 0 Å². The van der Waals surface area contributed by atoms with Crippen LogP contribution >= 0.6 is 0 Å². The fourth-order valence-electron chi connectivity index (χ4n) is 3.22. The van der Waals surface area contributed by atoms with E-state index < -0.39 is 0 Å². The molecule has 0 aromatic heterocycles. The summed E-state index contributed by atoms with van der Waals surface area (Å²) in [4.78, 5) is 2.58. The average Bonchev–Trinajstić information content (AvgIpc) is 2.71. The van der Waals surface area contributed by atoms with Crippen molar-refractivity contribution < 1.29 is 0 Å². The third-order valence-corrected chi connectivity index (χ3v) is 4.31. The highest BCUT2D eigenvalue weighted by Crippen LogP contribution is 2.21. The highest BCUT2D eigenvalue weighted by atomic mass is 15.1.